The Morgan fingerprint density at radius 1 is 0.484 bits per heavy atom. The summed E-state index contributed by atoms with van der Waals surface area (Å²) >= 11 is 0. The van der Waals surface area contributed by atoms with E-state index in [1.165, 1.54) is 92.5 Å². The van der Waals surface area contributed by atoms with Crippen LogP contribution in [0.5, 0.6) is 0 Å². The van der Waals surface area contributed by atoms with Crippen molar-refractivity contribution in [2.75, 3.05) is 0 Å². The summed E-state index contributed by atoms with van der Waals surface area (Å²) in [5.41, 5.74) is 5.06. The van der Waals surface area contributed by atoms with Gasteiger partial charge in [0, 0.05) is 11.1 Å². The van der Waals surface area contributed by atoms with Gasteiger partial charge in [0.25, 0.3) is 0 Å². The number of unbranched alkanes of at least 4 members (excludes halogenated alkanes) is 7. The van der Waals surface area contributed by atoms with Crippen LogP contribution in [0.25, 0.3) is 10.8 Å². The van der Waals surface area contributed by atoms with Crippen LogP contribution >= 0.6 is 0 Å². The molecule has 0 saturated heterocycles. The van der Waals surface area contributed by atoms with E-state index >= 15 is 0 Å². The SMILES string of the molecule is CCCCCCCc1ccc(C#Cc2ccc3cc(CCCCCC)ccc3c2)cc1. The minimum absolute atomic E-state index is 1.09. The van der Waals surface area contributed by atoms with Gasteiger partial charge in [0.05, 0.1) is 0 Å². The van der Waals surface area contributed by atoms with Gasteiger partial charge in [-0.25, -0.2) is 0 Å². The lowest BCUT2D eigenvalue weighted by atomic mass is 10.0. The van der Waals surface area contributed by atoms with Gasteiger partial charge in [-0.1, -0.05) is 107 Å². The van der Waals surface area contributed by atoms with E-state index in [-0.39, 0.29) is 0 Å². The number of rotatable bonds is 11. The molecule has 3 rings (SSSR count). The van der Waals surface area contributed by atoms with E-state index in [0.717, 1.165) is 11.1 Å². The molecule has 0 nitrogen and oxygen atoms in total. The highest BCUT2D eigenvalue weighted by Gasteiger charge is 1.99. The summed E-state index contributed by atoms with van der Waals surface area (Å²) in [5.74, 6) is 6.69. The Hall–Kier alpha value is -2.52. The van der Waals surface area contributed by atoms with E-state index in [9.17, 15) is 0 Å². The zero-order valence-electron chi connectivity index (χ0n) is 19.6. The van der Waals surface area contributed by atoms with Crippen molar-refractivity contribution in [2.45, 2.75) is 84.5 Å². The molecule has 3 aromatic rings. The predicted molar refractivity (Wildman–Crippen MR) is 137 cm³/mol. The summed E-state index contributed by atoms with van der Waals surface area (Å²) in [4.78, 5) is 0. The van der Waals surface area contributed by atoms with E-state index in [1.54, 1.807) is 0 Å². The van der Waals surface area contributed by atoms with Gasteiger partial charge in [-0.3, -0.25) is 0 Å². The molecule has 0 aliphatic carbocycles. The van der Waals surface area contributed by atoms with E-state index in [1.807, 2.05) is 0 Å². The van der Waals surface area contributed by atoms with Crippen LogP contribution < -0.4 is 0 Å². The first kappa shape index (κ1) is 23.1. The average Bonchev–Trinajstić information content (AvgIpc) is 2.81. The van der Waals surface area contributed by atoms with Crippen LogP contribution in [0.4, 0.5) is 0 Å². The molecule has 0 amide bonds. The number of aryl methyl sites for hydroxylation is 2. The second-order valence-corrected chi connectivity index (χ2v) is 8.82. The summed E-state index contributed by atoms with van der Waals surface area (Å²) in [5, 5.41) is 2.60. The van der Waals surface area contributed by atoms with Crippen LogP contribution in [-0.4, -0.2) is 0 Å². The minimum Gasteiger partial charge on any atom is -0.0654 e. The lowest BCUT2D eigenvalue weighted by Gasteiger charge is -2.04. The first-order chi connectivity index (χ1) is 15.3. The Bertz CT molecular complexity index is 982. The van der Waals surface area contributed by atoms with Gasteiger partial charge in [-0.05, 0) is 71.8 Å². The maximum atomic E-state index is 3.35. The molecule has 0 heterocycles. The van der Waals surface area contributed by atoms with Crippen molar-refractivity contribution < 1.29 is 0 Å². The van der Waals surface area contributed by atoms with Crippen LogP contribution in [0, 0.1) is 11.8 Å². The second kappa shape index (κ2) is 13.0. The Balaban J connectivity index is 1.56. The van der Waals surface area contributed by atoms with Gasteiger partial charge in [-0.15, -0.1) is 0 Å². The smallest absolute Gasteiger partial charge is 0.0255 e. The molecule has 0 unspecified atom stereocenters. The third-order valence-electron chi connectivity index (χ3n) is 6.10. The molecule has 0 heteroatoms. The molecule has 162 valence electrons. The van der Waals surface area contributed by atoms with Crippen molar-refractivity contribution >= 4 is 10.8 Å². The fourth-order valence-electron chi connectivity index (χ4n) is 4.12. The summed E-state index contributed by atoms with van der Waals surface area (Å²) in [7, 11) is 0. The van der Waals surface area contributed by atoms with Crippen LogP contribution in [0.1, 0.15) is 93.9 Å². The molecule has 0 fully saturated rings. The highest BCUT2D eigenvalue weighted by molar-refractivity contribution is 5.84. The fraction of sp³-hybridized carbons (Fsp3) is 0.419. The van der Waals surface area contributed by atoms with Crippen LogP contribution in [0.15, 0.2) is 60.7 Å². The van der Waals surface area contributed by atoms with Crippen LogP contribution in [-0.2, 0) is 12.8 Å². The second-order valence-electron chi connectivity index (χ2n) is 8.82. The van der Waals surface area contributed by atoms with Gasteiger partial charge >= 0.3 is 0 Å². The maximum Gasteiger partial charge on any atom is 0.0255 e. The Morgan fingerprint density at radius 3 is 1.74 bits per heavy atom. The predicted octanol–water partition coefficient (Wildman–Crippen LogP) is 8.88. The monoisotopic (exact) mass is 410 g/mol. The standard InChI is InChI=1S/C31H38/c1-3-5-7-9-11-12-26-14-16-27(17-15-26)18-19-29-21-23-30-24-28(13-10-8-6-4-2)20-22-31(30)25-29/h14-17,20-25H,3-13H2,1-2H3. The molecule has 0 aliphatic heterocycles. The Morgan fingerprint density at radius 2 is 1.00 bits per heavy atom. The normalized spacial score (nSPS) is 10.8. The van der Waals surface area contributed by atoms with Gasteiger partial charge < -0.3 is 0 Å². The number of fused-ring (bicyclic) bond motifs is 1. The zero-order valence-corrected chi connectivity index (χ0v) is 19.6. The summed E-state index contributed by atoms with van der Waals surface area (Å²) in [6.07, 6.45) is 14.3. The molecule has 0 aliphatic rings. The molecule has 0 saturated carbocycles. The quantitative estimate of drug-likeness (QED) is 0.219. The summed E-state index contributed by atoms with van der Waals surface area (Å²) in [6, 6.07) is 22.3. The highest BCUT2D eigenvalue weighted by Crippen LogP contribution is 2.19. The van der Waals surface area contributed by atoms with Crippen molar-refractivity contribution in [3.05, 3.63) is 82.9 Å². The van der Waals surface area contributed by atoms with Crippen molar-refractivity contribution in [1.29, 1.82) is 0 Å². The molecule has 3 aromatic carbocycles. The van der Waals surface area contributed by atoms with Gasteiger partial charge in [0.1, 0.15) is 0 Å². The van der Waals surface area contributed by atoms with Crippen molar-refractivity contribution in [3.63, 3.8) is 0 Å². The lowest BCUT2D eigenvalue weighted by Crippen LogP contribution is -1.87. The van der Waals surface area contributed by atoms with Crippen molar-refractivity contribution in [3.8, 4) is 11.8 Å². The minimum atomic E-state index is 1.09. The fourth-order valence-corrected chi connectivity index (χ4v) is 4.12. The zero-order chi connectivity index (χ0) is 21.7. The van der Waals surface area contributed by atoms with Crippen LogP contribution in [0.2, 0.25) is 0 Å². The summed E-state index contributed by atoms with van der Waals surface area (Å²) < 4.78 is 0. The molecule has 0 aromatic heterocycles. The van der Waals surface area contributed by atoms with Gasteiger partial charge in [0.15, 0.2) is 0 Å². The van der Waals surface area contributed by atoms with Crippen LogP contribution in [0.3, 0.4) is 0 Å². The topological polar surface area (TPSA) is 0 Å². The molecule has 0 spiro atoms. The van der Waals surface area contributed by atoms with E-state index < -0.39 is 0 Å². The number of benzene rings is 3. The molecule has 31 heavy (non-hydrogen) atoms. The van der Waals surface area contributed by atoms with Crippen molar-refractivity contribution in [2.24, 2.45) is 0 Å². The van der Waals surface area contributed by atoms with Gasteiger partial charge in [0.2, 0.25) is 0 Å². The molecule has 0 radical (unpaired) electrons. The molecular weight excluding hydrogens is 372 g/mol. The number of hydrogen-bond donors (Lipinski definition) is 0. The molecule has 0 bridgehead atoms. The first-order valence-corrected chi connectivity index (χ1v) is 12.4. The first-order valence-electron chi connectivity index (χ1n) is 12.4. The Labute approximate surface area is 190 Å². The van der Waals surface area contributed by atoms with E-state index in [2.05, 4.69) is 86.4 Å². The molecule has 0 N–H and O–H groups in total. The van der Waals surface area contributed by atoms with E-state index in [4.69, 9.17) is 0 Å². The molecular formula is C31H38. The average molecular weight is 411 g/mol. The van der Waals surface area contributed by atoms with E-state index in [0.29, 0.717) is 0 Å². The third kappa shape index (κ3) is 7.91. The Kier molecular flexibility index (Phi) is 9.72. The maximum absolute atomic E-state index is 3.35. The lowest BCUT2D eigenvalue weighted by molar-refractivity contribution is 0.632. The number of hydrogen-bond acceptors (Lipinski definition) is 0. The summed E-state index contributed by atoms with van der Waals surface area (Å²) in [6.45, 7) is 4.53. The van der Waals surface area contributed by atoms with Gasteiger partial charge in [-0.2, -0.15) is 0 Å². The third-order valence-corrected chi connectivity index (χ3v) is 6.10. The molecule has 0 atom stereocenters. The largest absolute Gasteiger partial charge is 0.0654 e. The van der Waals surface area contributed by atoms with Crippen molar-refractivity contribution in [1.82, 2.24) is 0 Å². The highest BCUT2D eigenvalue weighted by atomic mass is 14.0.